The molecule has 0 aliphatic rings. The van der Waals surface area contributed by atoms with Crippen LogP contribution in [0, 0.1) is 5.82 Å². The first-order valence-corrected chi connectivity index (χ1v) is 8.69. The van der Waals surface area contributed by atoms with Crippen molar-refractivity contribution >= 4 is 21.6 Å². The Kier molecular flexibility index (Phi) is 5.88. The smallest absolute Gasteiger partial charge is 0.261 e. The Hall–Kier alpha value is -2.45. The third-order valence-electron chi connectivity index (χ3n) is 3.17. The molecule has 1 amide bonds. The van der Waals surface area contributed by atoms with Crippen molar-refractivity contribution in [2.45, 2.75) is 11.3 Å². The lowest BCUT2D eigenvalue weighted by Crippen LogP contribution is -2.25. The molecule has 6 nitrogen and oxygen atoms in total. The van der Waals surface area contributed by atoms with Crippen molar-refractivity contribution in [1.29, 1.82) is 0 Å². The van der Waals surface area contributed by atoms with Crippen LogP contribution < -0.4 is 10.0 Å². The van der Waals surface area contributed by atoms with Gasteiger partial charge in [0.2, 0.25) is 0 Å². The minimum atomic E-state index is -3.95. The molecule has 24 heavy (non-hydrogen) atoms. The first-order chi connectivity index (χ1) is 11.4. The van der Waals surface area contributed by atoms with E-state index in [1.807, 2.05) is 0 Å². The minimum Gasteiger partial charge on any atom is -0.396 e. The molecule has 0 aromatic heterocycles. The van der Waals surface area contributed by atoms with Crippen LogP contribution in [0.25, 0.3) is 0 Å². The Balaban J connectivity index is 2.12. The van der Waals surface area contributed by atoms with Gasteiger partial charge in [-0.1, -0.05) is 12.1 Å². The highest BCUT2D eigenvalue weighted by atomic mass is 32.2. The summed E-state index contributed by atoms with van der Waals surface area (Å²) in [6.07, 6.45) is 0.435. The number of hydrogen-bond donors (Lipinski definition) is 3. The number of para-hydroxylation sites is 1. The number of carbonyl (C=O) groups excluding carboxylic acids is 1. The summed E-state index contributed by atoms with van der Waals surface area (Å²) in [6.45, 7) is 0.295. The predicted molar refractivity (Wildman–Crippen MR) is 87.7 cm³/mol. The van der Waals surface area contributed by atoms with Crippen molar-refractivity contribution in [3.8, 4) is 0 Å². The summed E-state index contributed by atoms with van der Waals surface area (Å²) in [5.74, 6) is -1.05. The first kappa shape index (κ1) is 17.9. The SMILES string of the molecule is O=C(NCCCO)c1ccc(S(=O)(=O)Nc2ccccc2F)cc1. The van der Waals surface area contributed by atoms with Gasteiger partial charge in [0, 0.05) is 18.7 Å². The van der Waals surface area contributed by atoms with Gasteiger partial charge in [0.25, 0.3) is 15.9 Å². The summed E-state index contributed by atoms with van der Waals surface area (Å²) < 4.78 is 40.2. The molecule has 0 bridgehead atoms. The molecule has 2 rings (SSSR count). The Bertz CT molecular complexity index is 807. The zero-order chi connectivity index (χ0) is 17.6. The van der Waals surface area contributed by atoms with Crippen LogP contribution >= 0.6 is 0 Å². The number of sulfonamides is 1. The highest BCUT2D eigenvalue weighted by Crippen LogP contribution is 2.19. The summed E-state index contributed by atoms with van der Waals surface area (Å²) in [6, 6.07) is 10.7. The fourth-order valence-electron chi connectivity index (χ4n) is 1.92. The molecule has 0 atom stereocenters. The second-order valence-electron chi connectivity index (χ2n) is 4.94. The van der Waals surface area contributed by atoms with Crippen molar-refractivity contribution in [2.24, 2.45) is 0 Å². The van der Waals surface area contributed by atoms with E-state index in [0.717, 1.165) is 6.07 Å². The number of amides is 1. The average molecular weight is 352 g/mol. The fourth-order valence-corrected chi connectivity index (χ4v) is 2.98. The van der Waals surface area contributed by atoms with Gasteiger partial charge in [-0.05, 0) is 42.8 Å². The minimum absolute atomic E-state index is 0.0286. The summed E-state index contributed by atoms with van der Waals surface area (Å²) in [4.78, 5) is 11.7. The summed E-state index contributed by atoms with van der Waals surface area (Å²) in [7, 11) is -3.95. The van der Waals surface area contributed by atoms with Crippen LogP contribution in [0.2, 0.25) is 0 Å². The largest absolute Gasteiger partial charge is 0.396 e. The maximum Gasteiger partial charge on any atom is 0.261 e. The van der Waals surface area contributed by atoms with E-state index >= 15 is 0 Å². The number of aliphatic hydroxyl groups is 1. The Labute approximate surface area is 139 Å². The van der Waals surface area contributed by atoms with Gasteiger partial charge in [0.15, 0.2) is 0 Å². The number of hydrogen-bond acceptors (Lipinski definition) is 4. The van der Waals surface area contributed by atoms with Crippen molar-refractivity contribution < 1.29 is 22.7 Å². The van der Waals surface area contributed by atoms with E-state index in [-0.39, 0.29) is 28.7 Å². The van der Waals surface area contributed by atoms with Crippen LogP contribution in [0.4, 0.5) is 10.1 Å². The van der Waals surface area contributed by atoms with E-state index in [1.54, 1.807) is 0 Å². The van der Waals surface area contributed by atoms with E-state index in [1.165, 1.54) is 42.5 Å². The Morgan fingerprint density at radius 1 is 1.08 bits per heavy atom. The standard InChI is InChI=1S/C16H17FN2O4S/c17-14-4-1-2-5-15(14)19-24(22,23)13-8-6-12(7-9-13)16(21)18-10-3-11-20/h1-2,4-9,19-20H,3,10-11H2,(H,18,21). The van der Waals surface area contributed by atoms with Crippen LogP contribution in [0.3, 0.4) is 0 Å². The van der Waals surface area contributed by atoms with Gasteiger partial charge in [-0.15, -0.1) is 0 Å². The van der Waals surface area contributed by atoms with Gasteiger partial charge >= 0.3 is 0 Å². The number of nitrogens with one attached hydrogen (secondary N) is 2. The molecule has 3 N–H and O–H groups in total. The van der Waals surface area contributed by atoms with Gasteiger partial charge in [-0.2, -0.15) is 0 Å². The van der Waals surface area contributed by atoms with E-state index in [2.05, 4.69) is 10.0 Å². The molecule has 0 aliphatic carbocycles. The molecular weight excluding hydrogens is 335 g/mol. The molecule has 0 heterocycles. The number of benzene rings is 2. The Morgan fingerprint density at radius 2 is 1.75 bits per heavy atom. The van der Waals surface area contributed by atoms with E-state index in [0.29, 0.717) is 13.0 Å². The predicted octanol–water partition coefficient (Wildman–Crippen LogP) is 1.74. The molecule has 0 spiro atoms. The first-order valence-electron chi connectivity index (χ1n) is 7.20. The van der Waals surface area contributed by atoms with Crippen molar-refractivity contribution in [2.75, 3.05) is 17.9 Å². The molecule has 0 fully saturated rings. The van der Waals surface area contributed by atoms with Gasteiger partial charge < -0.3 is 10.4 Å². The maximum absolute atomic E-state index is 13.6. The van der Waals surface area contributed by atoms with Gasteiger partial charge in [-0.25, -0.2) is 12.8 Å². The average Bonchev–Trinajstić information content (AvgIpc) is 2.57. The molecular formula is C16H17FN2O4S. The maximum atomic E-state index is 13.6. The molecule has 128 valence electrons. The lowest BCUT2D eigenvalue weighted by Gasteiger charge is -2.09. The molecule has 2 aromatic carbocycles. The van der Waals surface area contributed by atoms with Crippen molar-refractivity contribution in [3.05, 3.63) is 59.9 Å². The zero-order valence-electron chi connectivity index (χ0n) is 12.7. The highest BCUT2D eigenvalue weighted by molar-refractivity contribution is 7.92. The lowest BCUT2D eigenvalue weighted by molar-refractivity contribution is 0.0951. The summed E-state index contributed by atoms with van der Waals surface area (Å²) in [5.41, 5.74) is 0.140. The highest BCUT2D eigenvalue weighted by Gasteiger charge is 2.16. The van der Waals surface area contributed by atoms with Crippen molar-refractivity contribution in [3.63, 3.8) is 0 Å². The number of anilines is 1. The quantitative estimate of drug-likeness (QED) is 0.662. The van der Waals surface area contributed by atoms with E-state index in [9.17, 15) is 17.6 Å². The second kappa shape index (κ2) is 7.89. The Morgan fingerprint density at radius 3 is 2.38 bits per heavy atom. The molecule has 2 aromatic rings. The zero-order valence-corrected chi connectivity index (χ0v) is 13.5. The molecule has 0 saturated carbocycles. The van der Waals surface area contributed by atoms with Crippen LogP contribution in [0.5, 0.6) is 0 Å². The fraction of sp³-hybridized carbons (Fsp3) is 0.188. The van der Waals surface area contributed by atoms with Crippen LogP contribution in [0.15, 0.2) is 53.4 Å². The second-order valence-corrected chi connectivity index (χ2v) is 6.63. The molecule has 0 saturated heterocycles. The third-order valence-corrected chi connectivity index (χ3v) is 4.55. The normalized spacial score (nSPS) is 11.1. The molecule has 8 heteroatoms. The summed E-state index contributed by atoms with van der Waals surface area (Å²) in [5, 5.41) is 11.3. The summed E-state index contributed by atoms with van der Waals surface area (Å²) >= 11 is 0. The lowest BCUT2D eigenvalue weighted by atomic mass is 10.2. The van der Waals surface area contributed by atoms with E-state index < -0.39 is 15.8 Å². The number of halogens is 1. The number of rotatable bonds is 7. The van der Waals surface area contributed by atoms with Gasteiger partial charge in [0.05, 0.1) is 10.6 Å². The third kappa shape index (κ3) is 4.53. The molecule has 0 radical (unpaired) electrons. The topological polar surface area (TPSA) is 95.5 Å². The number of aliphatic hydroxyl groups excluding tert-OH is 1. The number of carbonyl (C=O) groups is 1. The van der Waals surface area contributed by atoms with Crippen LogP contribution in [0.1, 0.15) is 16.8 Å². The van der Waals surface area contributed by atoms with Gasteiger partial charge in [-0.3, -0.25) is 9.52 Å². The van der Waals surface area contributed by atoms with Crippen LogP contribution in [-0.2, 0) is 10.0 Å². The van der Waals surface area contributed by atoms with E-state index in [4.69, 9.17) is 5.11 Å². The van der Waals surface area contributed by atoms with Crippen molar-refractivity contribution in [1.82, 2.24) is 5.32 Å². The van der Waals surface area contributed by atoms with Crippen LogP contribution in [-0.4, -0.2) is 32.6 Å². The monoisotopic (exact) mass is 352 g/mol. The molecule has 0 aliphatic heterocycles. The van der Waals surface area contributed by atoms with Gasteiger partial charge in [0.1, 0.15) is 5.82 Å². The molecule has 0 unspecified atom stereocenters.